The zero-order valence-corrected chi connectivity index (χ0v) is 11.7. The van der Waals surface area contributed by atoms with Crippen LogP contribution in [-0.2, 0) is 10.7 Å². The second kappa shape index (κ2) is 7.23. The second-order valence-electron chi connectivity index (χ2n) is 3.76. The third-order valence-corrected chi connectivity index (χ3v) is 2.95. The Kier molecular flexibility index (Phi) is 5.94. The van der Waals surface area contributed by atoms with Crippen LogP contribution in [0.3, 0.4) is 0 Å². The molecule has 1 aromatic carbocycles. The van der Waals surface area contributed by atoms with Crippen LogP contribution in [0.15, 0.2) is 18.2 Å². The van der Waals surface area contributed by atoms with Crippen molar-refractivity contribution < 1.29 is 17.9 Å². The molecule has 0 unspecified atom stereocenters. The number of thiol groups is 1. The van der Waals surface area contributed by atoms with Crippen LogP contribution in [0.5, 0.6) is 11.5 Å². The minimum Gasteiger partial charge on any atom is -0.493 e. The van der Waals surface area contributed by atoms with Gasteiger partial charge in [0.2, 0.25) is 0 Å². The van der Waals surface area contributed by atoms with Gasteiger partial charge in [-0.2, -0.15) is 0 Å². The second-order valence-corrected chi connectivity index (χ2v) is 4.74. The first-order valence-corrected chi connectivity index (χ1v) is 7.10. The minimum absolute atomic E-state index is 0.0352. The van der Waals surface area contributed by atoms with Crippen molar-refractivity contribution in [1.29, 1.82) is 0 Å². The van der Waals surface area contributed by atoms with Crippen molar-refractivity contribution in [3.8, 4) is 11.5 Å². The average molecular weight is 273 g/mol. The van der Waals surface area contributed by atoms with E-state index in [1.807, 2.05) is 32.0 Å². The van der Waals surface area contributed by atoms with Crippen molar-refractivity contribution in [3.05, 3.63) is 23.8 Å². The molecule has 0 saturated carbocycles. The molecule has 0 aromatic heterocycles. The molecule has 18 heavy (non-hydrogen) atoms. The Morgan fingerprint density at radius 2 is 2.06 bits per heavy atom. The van der Waals surface area contributed by atoms with Gasteiger partial charge in [-0.3, -0.25) is 5.32 Å². The van der Waals surface area contributed by atoms with Crippen molar-refractivity contribution in [1.82, 2.24) is 5.32 Å². The number of benzene rings is 1. The number of hydrogen-bond acceptors (Lipinski definition) is 5. The Hall–Kier alpha value is -1.27. The van der Waals surface area contributed by atoms with Crippen LogP contribution in [0.25, 0.3) is 0 Å². The topological polar surface area (TPSA) is 64.6 Å². The van der Waals surface area contributed by atoms with Gasteiger partial charge in [0.05, 0.1) is 19.6 Å². The summed E-state index contributed by atoms with van der Waals surface area (Å²) in [6.07, 6.45) is 0. The van der Waals surface area contributed by atoms with Gasteiger partial charge in [-0.1, -0.05) is 6.07 Å². The molecule has 102 valence electrons. The maximum Gasteiger partial charge on any atom is 0.161 e. The third kappa shape index (κ3) is 4.19. The lowest BCUT2D eigenvalue weighted by Crippen LogP contribution is -2.20. The van der Waals surface area contributed by atoms with Crippen LogP contribution in [-0.4, -0.2) is 28.0 Å². The Morgan fingerprint density at radius 3 is 2.61 bits per heavy atom. The van der Waals surface area contributed by atoms with Crippen LogP contribution in [0.1, 0.15) is 25.5 Å². The Labute approximate surface area is 109 Å². The summed E-state index contributed by atoms with van der Waals surface area (Å²) in [5, 5.41) is 2.91. The van der Waals surface area contributed by atoms with Crippen molar-refractivity contribution >= 4 is 10.7 Å². The number of nitrogens with one attached hydrogen (secondary N) is 1. The molecule has 1 rings (SSSR count). The first-order valence-electron chi connectivity index (χ1n) is 5.74. The summed E-state index contributed by atoms with van der Waals surface area (Å²) >= 11 is 0. The van der Waals surface area contributed by atoms with E-state index >= 15 is 0 Å². The monoisotopic (exact) mass is 273 g/mol. The van der Waals surface area contributed by atoms with E-state index < -0.39 is 10.7 Å². The number of hydrogen-bond donors (Lipinski definition) is 2. The molecule has 1 N–H and O–H groups in total. The van der Waals surface area contributed by atoms with Gasteiger partial charge in [0, 0.05) is 6.04 Å². The van der Waals surface area contributed by atoms with Gasteiger partial charge in [-0.25, -0.2) is 8.42 Å². The molecule has 0 aliphatic heterocycles. The van der Waals surface area contributed by atoms with Crippen LogP contribution in [0.4, 0.5) is 0 Å². The van der Waals surface area contributed by atoms with Gasteiger partial charge in [-0.15, -0.1) is 0 Å². The fraction of sp³-hybridized carbons (Fsp3) is 0.500. The highest BCUT2D eigenvalue weighted by Crippen LogP contribution is 2.30. The van der Waals surface area contributed by atoms with Gasteiger partial charge in [0.1, 0.15) is 0 Å². The molecule has 0 saturated heterocycles. The maximum atomic E-state index is 10.5. The Balaban J connectivity index is 2.85. The van der Waals surface area contributed by atoms with E-state index in [-0.39, 0.29) is 11.9 Å². The van der Waals surface area contributed by atoms with Crippen LogP contribution in [0, 0.1) is 0 Å². The van der Waals surface area contributed by atoms with E-state index in [1.165, 1.54) is 0 Å². The van der Waals surface area contributed by atoms with E-state index in [2.05, 4.69) is 5.32 Å². The van der Waals surface area contributed by atoms with E-state index in [9.17, 15) is 8.42 Å². The van der Waals surface area contributed by atoms with E-state index in [0.717, 1.165) is 5.56 Å². The molecule has 0 fully saturated rings. The van der Waals surface area contributed by atoms with Crippen molar-refractivity contribution in [2.45, 2.75) is 19.9 Å². The predicted molar refractivity (Wildman–Crippen MR) is 70.9 cm³/mol. The third-order valence-electron chi connectivity index (χ3n) is 2.51. The first kappa shape index (κ1) is 14.8. The fourth-order valence-corrected chi connectivity index (χ4v) is 1.98. The average Bonchev–Trinajstić information content (AvgIpc) is 2.36. The number of rotatable bonds is 7. The first-order chi connectivity index (χ1) is 8.58. The summed E-state index contributed by atoms with van der Waals surface area (Å²) in [4.78, 5) is 0. The molecule has 6 heteroatoms. The van der Waals surface area contributed by atoms with Gasteiger partial charge in [0.25, 0.3) is 0 Å². The quantitative estimate of drug-likeness (QED) is 0.733. The number of ether oxygens (including phenoxy) is 2. The lowest BCUT2D eigenvalue weighted by atomic mass is 10.1. The molecule has 0 bridgehead atoms. The lowest BCUT2D eigenvalue weighted by molar-refractivity contribution is 0.310. The minimum atomic E-state index is -2.41. The molecular formula is C12H19NO4S. The van der Waals surface area contributed by atoms with Crippen molar-refractivity contribution in [2.75, 3.05) is 19.6 Å². The summed E-state index contributed by atoms with van der Waals surface area (Å²) in [7, 11) is -0.829. The summed E-state index contributed by atoms with van der Waals surface area (Å²) in [5.74, 6) is 1.30. The zero-order valence-electron chi connectivity index (χ0n) is 10.8. The molecule has 5 nitrogen and oxygen atoms in total. The SMILES string of the molecule is CCOc1cc([C@H](C)NC[SH](=O)=O)ccc1OC. The smallest absolute Gasteiger partial charge is 0.161 e. The molecule has 0 aliphatic rings. The highest BCUT2D eigenvalue weighted by Gasteiger charge is 2.10. The van der Waals surface area contributed by atoms with E-state index in [1.54, 1.807) is 7.11 Å². The summed E-state index contributed by atoms with van der Waals surface area (Å²) < 4.78 is 31.7. The van der Waals surface area contributed by atoms with Crippen LogP contribution >= 0.6 is 0 Å². The molecular weight excluding hydrogens is 254 g/mol. The van der Waals surface area contributed by atoms with Crippen LogP contribution in [0.2, 0.25) is 0 Å². The molecule has 0 radical (unpaired) electrons. The highest BCUT2D eigenvalue weighted by molar-refractivity contribution is 7.72. The largest absolute Gasteiger partial charge is 0.493 e. The standard InChI is InChI=1S/C12H19NO4S/c1-4-17-12-7-10(5-6-11(12)16-3)9(2)13-8-18(14)15/h5-7,9,13,18H,4,8H2,1-3H3/t9-/m0/s1. The van der Waals surface area contributed by atoms with E-state index in [4.69, 9.17) is 9.47 Å². The molecule has 0 amide bonds. The van der Waals surface area contributed by atoms with E-state index in [0.29, 0.717) is 18.1 Å². The van der Waals surface area contributed by atoms with Gasteiger partial charge < -0.3 is 9.47 Å². The molecule has 0 heterocycles. The molecule has 0 aliphatic carbocycles. The fourth-order valence-electron chi connectivity index (χ4n) is 1.56. The summed E-state index contributed by atoms with van der Waals surface area (Å²) in [5.41, 5.74) is 0.955. The van der Waals surface area contributed by atoms with Gasteiger partial charge in [0.15, 0.2) is 22.2 Å². The van der Waals surface area contributed by atoms with Crippen molar-refractivity contribution in [2.24, 2.45) is 0 Å². The Bertz CT molecular complexity index is 451. The molecule has 0 spiro atoms. The summed E-state index contributed by atoms with van der Waals surface area (Å²) in [6, 6.07) is 5.49. The lowest BCUT2D eigenvalue weighted by Gasteiger charge is -2.15. The predicted octanol–water partition coefficient (Wildman–Crippen LogP) is 1.31. The zero-order chi connectivity index (χ0) is 13.5. The summed E-state index contributed by atoms with van der Waals surface area (Å²) in [6.45, 7) is 4.35. The molecule has 1 aromatic rings. The number of methoxy groups -OCH3 is 1. The maximum absolute atomic E-state index is 10.5. The van der Waals surface area contributed by atoms with Crippen molar-refractivity contribution in [3.63, 3.8) is 0 Å². The highest BCUT2D eigenvalue weighted by atomic mass is 32.2. The Morgan fingerprint density at radius 1 is 1.33 bits per heavy atom. The van der Waals surface area contributed by atoms with Crippen LogP contribution < -0.4 is 14.8 Å². The van der Waals surface area contributed by atoms with Gasteiger partial charge in [-0.05, 0) is 31.5 Å². The van der Waals surface area contributed by atoms with Gasteiger partial charge >= 0.3 is 0 Å². The molecule has 1 atom stereocenters. The normalized spacial score (nSPS) is 12.4.